The number of nitrogens with one attached hydrogen (secondary N) is 1. The van der Waals surface area contributed by atoms with Gasteiger partial charge in [0.25, 0.3) is 5.91 Å². The van der Waals surface area contributed by atoms with Crippen LogP contribution in [0.5, 0.6) is 0 Å². The molecule has 0 fully saturated rings. The van der Waals surface area contributed by atoms with Gasteiger partial charge in [0, 0.05) is 18.1 Å². The van der Waals surface area contributed by atoms with Gasteiger partial charge in [0.1, 0.15) is 6.23 Å². The third kappa shape index (κ3) is 1.43. The lowest BCUT2D eigenvalue weighted by Gasteiger charge is -2.39. The molecule has 0 radical (unpaired) electrons. The zero-order valence-corrected chi connectivity index (χ0v) is 9.20. The Balaban J connectivity index is 2.57. The Labute approximate surface area is 89.4 Å². The first kappa shape index (κ1) is 10.2. The lowest BCUT2D eigenvalue weighted by molar-refractivity contribution is 0.0129. The van der Waals surface area contributed by atoms with Crippen LogP contribution in [0, 0.1) is 0 Å². The largest absolute Gasteiger partial charge is 0.361 e. The molecule has 0 saturated carbocycles. The minimum absolute atomic E-state index is 0.0585. The van der Waals surface area contributed by atoms with Gasteiger partial charge in [-0.1, -0.05) is 32.0 Å². The first-order chi connectivity index (χ1) is 7.07. The molecule has 1 unspecified atom stereocenters. The van der Waals surface area contributed by atoms with Gasteiger partial charge in [-0.15, -0.1) is 0 Å². The van der Waals surface area contributed by atoms with Crippen LogP contribution >= 0.6 is 0 Å². The van der Waals surface area contributed by atoms with E-state index >= 15 is 0 Å². The van der Waals surface area contributed by atoms with Crippen molar-refractivity contribution in [2.24, 2.45) is 0 Å². The minimum atomic E-state index is -0.264. The first-order valence-corrected chi connectivity index (χ1v) is 5.00. The number of methoxy groups -OCH3 is 1. The molecule has 0 aliphatic carbocycles. The summed E-state index contributed by atoms with van der Waals surface area (Å²) in [4.78, 5) is 11.8. The Kier molecular flexibility index (Phi) is 2.27. The van der Waals surface area contributed by atoms with E-state index in [2.05, 4.69) is 19.2 Å². The number of hydrogen-bond acceptors (Lipinski definition) is 2. The van der Waals surface area contributed by atoms with Crippen LogP contribution in [-0.4, -0.2) is 19.2 Å². The lowest BCUT2D eigenvalue weighted by atomic mass is 9.77. The van der Waals surface area contributed by atoms with E-state index in [0.717, 1.165) is 11.1 Å². The van der Waals surface area contributed by atoms with Crippen molar-refractivity contribution in [1.29, 1.82) is 0 Å². The fourth-order valence-corrected chi connectivity index (χ4v) is 2.12. The monoisotopic (exact) mass is 205 g/mol. The molecule has 0 spiro atoms. The summed E-state index contributed by atoms with van der Waals surface area (Å²) in [6.07, 6.45) is -0.264. The van der Waals surface area contributed by atoms with Gasteiger partial charge < -0.3 is 10.1 Å². The molecule has 3 nitrogen and oxygen atoms in total. The van der Waals surface area contributed by atoms with Crippen molar-refractivity contribution in [2.45, 2.75) is 25.5 Å². The molecule has 1 aromatic rings. The van der Waals surface area contributed by atoms with Crippen molar-refractivity contribution < 1.29 is 9.53 Å². The van der Waals surface area contributed by atoms with Crippen LogP contribution in [0.4, 0.5) is 0 Å². The number of rotatable bonds is 1. The maximum atomic E-state index is 11.8. The molecule has 1 aliphatic rings. The highest BCUT2D eigenvalue weighted by atomic mass is 16.5. The number of carbonyl (C=O) groups excluding carboxylic acids is 1. The highest BCUT2D eigenvalue weighted by molar-refractivity contribution is 5.97. The fourth-order valence-electron chi connectivity index (χ4n) is 2.12. The summed E-state index contributed by atoms with van der Waals surface area (Å²) >= 11 is 0. The second-order valence-electron chi connectivity index (χ2n) is 4.36. The van der Waals surface area contributed by atoms with E-state index in [1.54, 1.807) is 7.11 Å². The topological polar surface area (TPSA) is 38.3 Å². The van der Waals surface area contributed by atoms with Gasteiger partial charge >= 0.3 is 0 Å². The Morgan fingerprint density at radius 1 is 1.33 bits per heavy atom. The summed E-state index contributed by atoms with van der Waals surface area (Å²) in [6, 6.07) is 7.66. The molecule has 1 heterocycles. The number of carbonyl (C=O) groups is 1. The van der Waals surface area contributed by atoms with Gasteiger partial charge in [-0.25, -0.2) is 0 Å². The second-order valence-corrected chi connectivity index (χ2v) is 4.36. The molecule has 15 heavy (non-hydrogen) atoms. The van der Waals surface area contributed by atoms with Crippen LogP contribution in [0.1, 0.15) is 29.8 Å². The third-order valence-electron chi connectivity index (χ3n) is 3.02. The third-order valence-corrected chi connectivity index (χ3v) is 3.02. The highest BCUT2D eigenvalue weighted by Crippen LogP contribution is 2.33. The van der Waals surface area contributed by atoms with E-state index in [1.165, 1.54) is 0 Å². The summed E-state index contributed by atoms with van der Waals surface area (Å²) in [5, 5.41) is 2.85. The van der Waals surface area contributed by atoms with Crippen LogP contribution in [0.2, 0.25) is 0 Å². The van der Waals surface area contributed by atoms with Crippen molar-refractivity contribution >= 4 is 5.91 Å². The molecule has 1 N–H and O–H groups in total. The average Bonchev–Trinajstić information content (AvgIpc) is 2.24. The minimum Gasteiger partial charge on any atom is -0.361 e. The van der Waals surface area contributed by atoms with Gasteiger partial charge in [-0.2, -0.15) is 0 Å². The summed E-state index contributed by atoms with van der Waals surface area (Å²) in [5.74, 6) is -0.0585. The number of ether oxygens (including phenoxy) is 1. The van der Waals surface area contributed by atoms with Crippen LogP contribution < -0.4 is 5.32 Å². The molecule has 1 aromatic carbocycles. The summed E-state index contributed by atoms with van der Waals surface area (Å²) in [5.41, 5.74) is 1.59. The molecule has 1 aliphatic heterocycles. The summed E-state index contributed by atoms with van der Waals surface area (Å²) in [7, 11) is 1.61. The predicted octanol–water partition coefficient (Wildman–Crippen LogP) is 1.68. The van der Waals surface area contributed by atoms with E-state index in [-0.39, 0.29) is 17.6 Å². The van der Waals surface area contributed by atoms with E-state index < -0.39 is 0 Å². The van der Waals surface area contributed by atoms with Crippen LogP contribution in [0.15, 0.2) is 24.3 Å². The average molecular weight is 205 g/mol. The number of hydrogen-bond donors (Lipinski definition) is 1. The zero-order valence-electron chi connectivity index (χ0n) is 9.20. The fraction of sp³-hybridized carbons (Fsp3) is 0.417. The smallest absolute Gasteiger partial charge is 0.253 e. The van der Waals surface area contributed by atoms with Gasteiger partial charge in [0.2, 0.25) is 0 Å². The molecule has 3 heteroatoms. The van der Waals surface area contributed by atoms with Crippen LogP contribution in [0.25, 0.3) is 0 Å². The van der Waals surface area contributed by atoms with E-state index in [1.807, 2.05) is 24.3 Å². The lowest BCUT2D eigenvalue weighted by Crippen LogP contribution is -2.53. The van der Waals surface area contributed by atoms with E-state index in [9.17, 15) is 4.79 Å². The number of amides is 1. The van der Waals surface area contributed by atoms with Crippen molar-refractivity contribution in [3.63, 3.8) is 0 Å². The SMILES string of the molecule is COC1NC(=O)c2ccccc2C1(C)C. The maximum Gasteiger partial charge on any atom is 0.253 e. The molecular formula is C12H15NO2. The quantitative estimate of drug-likeness (QED) is 0.757. The number of fused-ring (bicyclic) bond motifs is 1. The second kappa shape index (κ2) is 3.35. The van der Waals surface area contributed by atoms with Crippen molar-refractivity contribution in [2.75, 3.05) is 7.11 Å². The zero-order chi connectivity index (χ0) is 11.1. The molecule has 1 amide bonds. The van der Waals surface area contributed by atoms with Crippen molar-refractivity contribution in [3.05, 3.63) is 35.4 Å². The summed E-state index contributed by atoms with van der Waals surface area (Å²) in [6.45, 7) is 4.14. The molecule has 0 aromatic heterocycles. The standard InChI is InChI=1S/C12H15NO2/c1-12(2)9-7-5-4-6-8(9)10(14)13-11(12)15-3/h4-7,11H,1-3H3,(H,13,14). The number of benzene rings is 1. The van der Waals surface area contributed by atoms with Gasteiger partial charge in [0.05, 0.1) is 0 Å². The van der Waals surface area contributed by atoms with Crippen LogP contribution in [0.3, 0.4) is 0 Å². The Morgan fingerprint density at radius 3 is 2.67 bits per heavy atom. The highest BCUT2D eigenvalue weighted by Gasteiger charge is 2.39. The van der Waals surface area contributed by atoms with Crippen molar-refractivity contribution in [3.8, 4) is 0 Å². The molecule has 80 valence electrons. The maximum absolute atomic E-state index is 11.8. The van der Waals surface area contributed by atoms with Gasteiger partial charge in [0.15, 0.2) is 0 Å². The van der Waals surface area contributed by atoms with Gasteiger partial charge in [-0.3, -0.25) is 4.79 Å². The first-order valence-electron chi connectivity index (χ1n) is 5.00. The molecule has 1 atom stereocenters. The van der Waals surface area contributed by atoms with E-state index in [0.29, 0.717) is 0 Å². The predicted molar refractivity (Wildman–Crippen MR) is 57.7 cm³/mol. The van der Waals surface area contributed by atoms with Crippen molar-refractivity contribution in [1.82, 2.24) is 5.32 Å². The van der Waals surface area contributed by atoms with E-state index in [4.69, 9.17) is 4.74 Å². The molecular weight excluding hydrogens is 190 g/mol. The molecule has 0 bridgehead atoms. The Bertz CT molecular complexity index is 398. The summed E-state index contributed by atoms with van der Waals surface area (Å²) < 4.78 is 5.30. The molecule has 2 rings (SSSR count). The van der Waals surface area contributed by atoms with Crippen LogP contribution in [-0.2, 0) is 10.2 Å². The normalized spacial score (nSPS) is 23.1. The van der Waals surface area contributed by atoms with Gasteiger partial charge in [-0.05, 0) is 11.6 Å². The molecule has 0 saturated heterocycles. The Morgan fingerprint density at radius 2 is 2.00 bits per heavy atom. The Hall–Kier alpha value is -1.35.